The molecule has 7 nitrogen and oxygen atoms in total. The molecule has 0 aliphatic heterocycles. The monoisotopic (exact) mass is 241 g/mol. The summed E-state index contributed by atoms with van der Waals surface area (Å²) < 4.78 is 4.91. The molecule has 0 bridgehead atoms. The minimum absolute atomic E-state index is 0.0995. The molecule has 7 heteroatoms. The number of aromatic amines is 1. The van der Waals surface area contributed by atoms with Gasteiger partial charge >= 0.3 is 0 Å². The van der Waals surface area contributed by atoms with Crippen molar-refractivity contribution in [3.8, 4) is 0 Å². The standard InChI is InChI=1S/C10H19N5O2/c1-15(6-9-12-7-13-14-9)10(16)8(11)4-3-5-17-2/h7-8H,3-6,11H2,1-2H3,(H,12,13,14). The summed E-state index contributed by atoms with van der Waals surface area (Å²) in [6.07, 6.45) is 2.80. The molecule has 0 aliphatic carbocycles. The minimum Gasteiger partial charge on any atom is -0.385 e. The van der Waals surface area contributed by atoms with Gasteiger partial charge in [-0.1, -0.05) is 0 Å². The number of methoxy groups -OCH3 is 1. The summed E-state index contributed by atoms with van der Waals surface area (Å²) in [6.45, 7) is 1.00. The van der Waals surface area contributed by atoms with Gasteiger partial charge in [-0.25, -0.2) is 4.98 Å². The molecule has 0 spiro atoms. The quantitative estimate of drug-likeness (QED) is 0.628. The van der Waals surface area contributed by atoms with E-state index in [0.29, 0.717) is 25.4 Å². The van der Waals surface area contributed by atoms with Crippen molar-refractivity contribution < 1.29 is 9.53 Å². The van der Waals surface area contributed by atoms with Gasteiger partial charge in [0.15, 0.2) is 0 Å². The fourth-order valence-electron chi connectivity index (χ4n) is 1.46. The van der Waals surface area contributed by atoms with Crippen LogP contribution in [0.3, 0.4) is 0 Å². The van der Waals surface area contributed by atoms with E-state index in [9.17, 15) is 4.79 Å². The Bertz CT molecular complexity index is 327. The van der Waals surface area contributed by atoms with Crippen molar-refractivity contribution in [3.05, 3.63) is 12.2 Å². The summed E-state index contributed by atoms with van der Waals surface area (Å²) >= 11 is 0. The molecular formula is C10H19N5O2. The summed E-state index contributed by atoms with van der Waals surface area (Å²) in [5.41, 5.74) is 5.79. The van der Waals surface area contributed by atoms with Gasteiger partial charge in [0, 0.05) is 20.8 Å². The number of hydrogen-bond donors (Lipinski definition) is 2. The molecule has 1 atom stereocenters. The van der Waals surface area contributed by atoms with Crippen LogP contribution in [0.1, 0.15) is 18.7 Å². The van der Waals surface area contributed by atoms with Crippen LogP contribution in [0.4, 0.5) is 0 Å². The second kappa shape index (κ2) is 6.97. The molecule has 96 valence electrons. The largest absolute Gasteiger partial charge is 0.385 e. The van der Waals surface area contributed by atoms with Crippen LogP contribution in [0.15, 0.2) is 6.33 Å². The number of rotatable bonds is 7. The van der Waals surface area contributed by atoms with Crippen LogP contribution in [-0.4, -0.2) is 52.8 Å². The van der Waals surface area contributed by atoms with Gasteiger partial charge < -0.3 is 15.4 Å². The topological polar surface area (TPSA) is 97.1 Å². The van der Waals surface area contributed by atoms with Gasteiger partial charge in [-0.15, -0.1) is 0 Å². The zero-order chi connectivity index (χ0) is 12.7. The molecule has 0 fully saturated rings. The second-order valence-electron chi connectivity index (χ2n) is 3.87. The Kier molecular flexibility index (Phi) is 5.58. The lowest BCUT2D eigenvalue weighted by atomic mass is 10.1. The van der Waals surface area contributed by atoms with Gasteiger partial charge in [-0.3, -0.25) is 9.89 Å². The maximum Gasteiger partial charge on any atom is 0.239 e. The number of hydrogen-bond acceptors (Lipinski definition) is 5. The summed E-state index contributed by atoms with van der Waals surface area (Å²) in [4.78, 5) is 17.4. The molecule has 0 aromatic carbocycles. The van der Waals surface area contributed by atoms with E-state index >= 15 is 0 Å². The van der Waals surface area contributed by atoms with Crippen molar-refractivity contribution in [2.75, 3.05) is 20.8 Å². The molecule has 1 amide bonds. The molecular weight excluding hydrogens is 222 g/mol. The smallest absolute Gasteiger partial charge is 0.239 e. The third-order valence-electron chi connectivity index (χ3n) is 2.41. The van der Waals surface area contributed by atoms with Crippen molar-refractivity contribution in [3.63, 3.8) is 0 Å². The molecule has 0 saturated heterocycles. The van der Waals surface area contributed by atoms with Crippen LogP contribution in [0.2, 0.25) is 0 Å². The fourth-order valence-corrected chi connectivity index (χ4v) is 1.46. The van der Waals surface area contributed by atoms with Crippen LogP contribution >= 0.6 is 0 Å². The Morgan fingerprint density at radius 1 is 1.71 bits per heavy atom. The van der Waals surface area contributed by atoms with Gasteiger partial charge in [0.05, 0.1) is 12.6 Å². The maximum absolute atomic E-state index is 11.9. The predicted molar refractivity (Wildman–Crippen MR) is 61.9 cm³/mol. The highest BCUT2D eigenvalue weighted by atomic mass is 16.5. The van der Waals surface area contributed by atoms with Gasteiger partial charge in [-0.05, 0) is 12.8 Å². The first-order valence-electron chi connectivity index (χ1n) is 5.49. The normalized spacial score (nSPS) is 12.4. The van der Waals surface area contributed by atoms with E-state index in [2.05, 4.69) is 15.2 Å². The second-order valence-corrected chi connectivity index (χ2v) is 3.87. The number of amides is 1. The predicted octanol–water partition coefficient (Wildman–Crippen LogP) is -0.483. The number of H-pyrrole nitrogens is 1. The first-order chi connectivity index (χ1) is 8.15. The van der Waals surface area contributed by atoms with Gasteiger partial charge in [-0.2, -0.15) is 5.10 Å². The average molecular weight is 241 g/mol. The van der Waals surface area contributed by atoms with Crippen molar-refractivity contribution in [2.45, 2.75) is 25.4 Å². The number of carbonyl (C=O) groups is 1. The molecule has 0 aliphatic rings. The Labute approximate surface area is 100 Å². The van der Waals surface area contributed by atoms with E-state index in [1.54, 1.807) is 14.2 Å². The Balaban J connectivity index is 2.35. The Morgan fingerprint density at radius 3 is 3.06 bits per heavy atom. The molecule has 3 N–H and O–H groups in total. The van der Waals surface area contributed by atoms with E-state index in [1.165, 1.54) is 11.2 Å². The van der Waals surface area contributed by atoms with Crippen molar-refractivity contribution in [2.24, 2.45) is 5.73 Å². The minimum atomic E-state index is -0.488. The lowest BCUT2D eigenvalue weighted by Gasteiger charge is -2.20. The number of nitrogens with one attached hydrogen (secondary N) is 1. The van der Waals surface area contributed by atoms with E-state index in [0.717, 1.165) is 6.42 Å². The van der Waals surface area contributed by atoms with Crippen molar-refractivity contribution in [1.29, 1.82) is 0 Å². The zero-order valence-electron chi connectivity index (χ0n) is 10.2. The summed E-state index contributed by atoms with van der Waals surface area (Å²) in [5, 5.41) is 6.42. The summed E-state index contributed by atoms with van der Waals surface area (Å²) in [5.74, 6) is 0.544. The van der Waals surface area contributed by atoms with Crippen LogP contribution in [0, 0.1) is 0 Å². The maximum atomic E-state index is 11.9. The van der Waals surface area contributed by atoms with Crippen molar-refractivity contribution in [1.82, 2.24) is 20.1 Å². The van der Waals surface area contributed by atoms with E-state index in [-0.39, 0.29) is 5.91 Å². The number of aromatic nitrogens is 3. The van der Waals surface area contributed by atoms with Gasteiger partial charge in [0.25, 0.3) is 0 Å². The van der Waals surface area contributed by atoms with Gasteiger partial charge in [0.2, 0.25) is 5.91 Å². The summed E-state index contributed by atoms with van der Waals surface area (Å²) in [7, 11) is 3.32. The zero-order valence-corrected chi connectivity index (χ0v) is 10.2. The summed E-state index contributed by atoms with van der Waals surface area (Å²) in [6, 6.07) is -0.488. The van der Waals surface area contributed by atoms with Crippen LogP contribution < -0.4 is 5.73 Å². The van der Waals surface area contributed by atoms with E-state index in [1.807, 2.05) is 0 Å². The Hall–Kier alpha value is -1.47. The Morgan fingerprint density at radius 2 is 2.47 bits per heavy atom. The van der Waals surface area contributed by atoms with Crippen LogP contribution in [0.5, 0.6) is 0 Å². The number of ether oxygens (including phenoxy) is 1. The number of carbonyl (C=O) groups excluding carboxylic acids is 1. The first kappa shape index (κ1) is 13.6. The molecule has 1 rings (SSSR count). The third kappa shape index (κ3) is 4.49. The molecule has 0 saturated carbocycles. The molecule has 1 aromatic heterocycles. The highest BCUT2D eigenvalue weighted by Gasteiger charge is 2.18. The number of nitrogens with zero attached hydrogens (tertiary/aromatic N) is 3. The highest BCUT2D eigenvalue weighted by molar-refractivity contribution is 5.81. The molecule has 0 radical (unpaired) electrons. The first-order valence-corrected chi connectivity index (χ1v) is 5.49. The number of nitrogens with two attached hydrogens (primary N) is 1. The lowest BCUT2D eigenvalue weighted by molar-refractivity contribution is -0.132. The number of likely N-dealkylation sites (N-methyl/N-ethyl adjacent to an activating group) is 1. The molecule has 1 aromatic rings. The fraction of sp³-hybridized carbons (Fsp3) is 0.700. The third-order valence-corrected chi connectivity index (χ3v) is 2.41. The molecule has 1 heterocycles. The molecule has 1 unspecified atom stereocenters. The lowest BCUT2D eigenvalue weighted by Crippen LogP contribution is -2.41. The highest BCUT2D eigenvalue weighted by Crippen LogP contribution is 2.02. The average Bonchev–Trinajstić information content (AvgIpc) is 2.81. The SMILES string of the molecule is COCCCC(N)C(=O)N(C)Cc1ncn[nH]1. The van der Waals surface area contributed by atoms with E-state index < -0.39 is 6.04 Å². The van der Waals surface area contributed by atoms with Crippen LogP contribution in [-0.2, 0) is 16.1 Å². The molecule has 17 heavy (non-hydrogen) atoms. The van der Waals surface area contributed by atoms with E-state index in [4.69, 9.17) is 10.5 Å². The van der Waals surface area contributed by atoms with Crippen LogP contribution in [0.25, 0.3) is 0 Å². The van der Waals surface area contributed by atoms with Crippen molar-refractivity contribution >= 4 is 5.91 Å². The van der Waals surface area contributed by atoms with Gasteiger partial charge in [0.1, 0.15) is 12.2 Å².